The summed E-state index contributed by atoms with van der Waals surface area (Å²) in [6.45, 7) is 1.85. The van der Waals surface area contributed by atoms with Crippen LogP contribution in [-0.2, 0) is 11.3 Å². The number of likely N-dealkylation sites (tertiary alicyclic amines) is 1. The van der Waals surface area contributed by atoms with Gasteiger partial charge in [0.25, 0.3) is 0 Å². The Morgan fingerprint density at radius 1 is 1.27 bits per heavy atom. The van der Waals surface area contributed by atoms with Gasteiger partial charge < -0.3 is 5.32 Å². The van der Waals surface area contributed by atoms with E-state index in [0.717, 1.165) is 25.9 Å². The van der Waals surface area contributed by atoms with E-state index in [0.29, 0.717) is 0 Å². The van der Waals surface area contributed by atoms with Gasteiger partial charge in [-0.25, -0.2) is 0 Å². The molecule has 1 amide bonds. The first kappa shape index (κ1) is 15.3. The largest absolute Gasteiger partial charge is 0.358 e. The van der Waals surface area contributed by atoms with E-state index in [1.807, 2.05) is 0 Å². The summed E-state index contributed by atoms with van der Waals surface area (Å²) in [5.74, 6) is 0.148. The van der Waals surface area contributed by atoms with Gasteiger partial charge in [-0.1, -0.05) is 36.8 Å². The lowest BCUT2D eigenvalue weighted by molar-refractivity contribution is -0.127. The maximum atomic E-state index is 12.0. The molecule has 2 aromatic rings. The predicted octanol–water partition coefficient (Wildman–Crippen LogP) is 3.52. The molecule has 0 aliphatic carbocycles. The lowest BCUT2D eigenvalue weighted by Crippen LogP contribution is -2.48. The highest BCUT2D eigenvalue weighted by molar-refractivity contribution is 7.13. The number of rotatable bonds is 4. The van der Waals surface area contributed by atoms with E-state index in [2.05, 4.69) is 52.0 Å². The summed E-state index contributed by atoms with van der Waals surface area (Å²) in [5, 5.41) is 4.90. The Morgan fingerprint density at radius 2 is 2.09 bits per heavy atom. The Kier molecular flexibility index (Phi) is 4.90. The smallest absolute Gasteiger partial charge is 0.237 e. The van der Waals surface area contributed by atoms with Crippen molar-refractivity contribution in [1.82, 2.24) is 10.2 Å². The minimum absolute atomic E-state index is 0.0238. The second kappa shape index (κ2) is 7.07. The number of nitrogens with zero attached hydrogens (tertiary/aromatic N) is 1. The molecule has 1 aliphatic heterocycles. The monoisotopic (exact) mass is 314 g/mol. The Bertz CT molecular complexity index is 607. The van der Waals surface area contributed by atoms with Gasteiger partial charge in [-0.15, -0.1) is 11.3 Å². The summed E-state index contributed by atoms with van der Waals surface area (Å²) >= 11 is 1.76. The van der Waals surface area contributed by atoms with Crippen LogP contribution in [0.5, 0.6) is 0 Å². The maximum absolute atomic E-state index is 12.0. The van der Waals surface area contributed by atoms with Gasteiger partial charge >= 0.3 is 0 Å². The standard InChI is InChI=1S/C18H22N2OS/c1-19-18(21)16-5-2-3-11-20(16)13-14-7-9-15(10-8-14)17-6-4-12-22-17/h4,6-10,12,16H,2-3,5,11,13H2,1H3,(H,19,21). The van der Waals surface area contributed by atoms with Crippen molar-refractivity contribution in [3.05, 3.63) is 47.3 Å². The zero-order valence-corrected chi connectivity index (χ0v) is 13.7. The molecule has 1 saturated heterocycles. The highest BCUT2D eigenvalue weighted by atomic mass is 32.1. The highest BCUT2D eigenvalue weighted by Crippen LogP contribution is 2.26. The number of carbonyl (C=O) groups is 1. The van der Waals surface area contributed by atoms with Crippen LogP contribution in [0.15, 0.2) is 41.8 Å². The van der Waals surface area contributed by atoms with Crippen molar-refractivity contribution in [2.24, 2.45) is 0 Å². The molecule has 3 nitrogen and oxygen atoms in total. The van der Waals surface area contributed by atoms with Crippen LogP contribution >= 0.6 is 11.3 Å². The van der Waals surface area contributed by atoms with Crippen LogP contribution in [-0.4, -0.2) is 30.4 Å². The molecule has 0 spiro atoms. The average molecular weight is 314 g/mol. The lowest BCUT2D eigenvalue weighted by atomic mass is 10.00. The van der Waals surface area contributed by atoms with E-state index in [4.69, 9.17) is 0 Å². The molecule has 2 heterocycles. The number of carbonyl (C=O) groups excluding carboxylic acids is 1. The molecule has 1 atom stereocenters. The molecule has 1 unspecified atom stereocenters. The number of hydrogen-bond donors (Lipinski definition) is 1. The maximum Gasteiger partial charge on any atom is 0.237 e. The van der Waals surface area contributed by atoms with Gasteiger partial charge in [-0.05, 0) is 42.0 Å². The Labute approximate surface area is 136 Å². The topological polar surface area (TPSA) is 32.3 Å². The Hall–Kier alpha value is -1.65. The highest BCUT2D eigenvalue weighted by Gasteiger charge is 2.27. The number of hydrogen-bond acceptors (Lipinski definition) is 3. The van der Waals surface area contributed by atoms with Crippen LogP contribution in [0, 0.1) is 0 Å². The van der Waals surface area contributed by atoms with Crippen molar-refractivity contribution < 1.29 is 4.79 Å². The van der Waals surface area contributed by atoms with Gasteiger partial charge in [0.1, 0.15) is 0 Å². The van der Waals surface area contributed by atoms with Crippen molar-refractivity contribution in [2.75, 3.05) is 13.6 Å². The fourth-order valence-corrected chi connectivity index (χ4v) is 3.83. The summed E-state index contributed by atoms with van der Waals surface area (Å²) in [5.41, 5.74) is 2.54. The molecule has 1 aromatic carbocycles. The van der Waals surface area contributed by atoms with E-state index >= 15 is 0 Å². The van der Waals surface area contributed by atoms with Crippen LogP contribution in [0.1, 0.15) is 24.8 Å². The van der Waals surface area contributed by atoms with Crippen molar-refractivity contribution >= 4 is 17.2 Å². The second-order valence-electron chi connectivity index (χ2n) is 5.77. The van der Waals surface area contributed by atoms with Gasteiger partial charge in [0, 0.05) is 18.5 Å². The average Bonchev–Trinajstić information content (AvgIpc) is 3.10. The third kappa shape index (κ3) is 3.39. The van der Waals surface area contributed by atoms with Gasteiger partial charge in [-0.2, -0.15) is 0 Å². The van der Waals surface area contributed by atoms with Crippen LogP contribution < -0.4 is 5.32 Å². The number of likely N-dealkylation sites (N-methyl/N-ethyl adjacent to an activating group) is 1. The molecule has 1 N–H and O–H groups in total. The number of thiophene rings is 1. The molecule has 22 heavy (non-hydrogen) atoms. The van der Waals surface area contributed by atoms with Gasteiger partial charge in [0.05, 0.1) is 6.04 Å². The first-order valence-electron chi connectivity index (χ1n) is 7.86. The quantitative estimate of drug-likeness (QED) is 0.936. The summed E-state index contributed by atoms with van der Waals surface area (Å²) in [7, 11) is 1.73. The SMILES string of the molecule is CNC(=O)C1CCCCN1Cc1ccc(-c2cccs2)cc1. The summed E-state index contributed by atoms with van der Waals surface area (Å²) < 4.78 is 0. The van der Waals surface area contributed by atoms with Gasteiger partial charge in [0.2, 0.25) is 5.91 Å². The van der Waals surface area contributed by atoms with Crippen LogP contribution in [0.25, 0.3) is 10.4 Å². The minimum atomic E-state index is 0.0238. The van der Waals surface area contributed by atoms with Crippen LogP contribution in [0.4, 0.5) is 0 Å². The third-order valence-electron chi connectivity index (χ3n) is 4.31. The predicted molar refractivity (Wildman–Crippen MR) is 91.9 cm³/mol. The third-order valence-corrected chi connectivity index (χ3v) is 5.23. The van der Waals surface area contributed by atoms with Crippen LogP contribution in [0.2, 0.25) is 0 Å². The molecule has 116 valence electrons. The second-order valence-corrected chi connectivity index (χ2v) is 6.72. The first-order valence-corrected chi connectivity index (χ1v) is 8.74. The van der Waals surface area contributed by atoms with Crippen molar-refractivity contribution in [3.8, 4) is 10.4 Å². The number of piperidine rings is 1. The van der Waals surface area contributed by atoms with E-state index in [9.17, 15) is 4.79 Å². The zero-order valence-electron chi connectivity index (χ0n) is 12.9. The van der Waals surface area contributed by atoms with Gasteiger partial charge in [-0.3, -0.25) is 9.69 Å². The van der Waals surface area contributed by atoms with E-state index in [-0.39, 0.29) is 11.9 Å². The van der Waals surface area contributed by atoms with Crippen LogP contribution in [0.3, 0.4) is 0 Å². The minimum Gasteiger partial charge on any atom is -0.358 e. The number of nitrogens with one attached hydrogen (secondary N) is 1. The Balaban J connectivity index is 1.70. The molecule has 4 heteroatoms. The normalized spacial score (nSPS) is 19.0. The summed E-state index contributed by atoms with van der Waals surface area (Å²) in [6, 6.07) is 13.0. The van der Waals surface area contributed by atoms with Crippen molar-refractivity contribution in [3.63, 3.8) is 0 Å². The molecular formula is C18H22N2OS. The number of amides is 1. The van der Waals surface area contributed by atoms with E-state index in [1.54, 1.807) is 18.4 Å². The van der Waals surface area contributed by atoms with Gasteiger partial charge in [0.15, 0.2) is 0 Å². The molecule has 1 aromatic heterocycles. The van der Waals surface area contributed by atoms with Crippen molar-refractivity contribution in [2.45, 2.75) is 31.8 Å². The number of benzene rings is 1. The Morgan fingerprint density at radius 3 is 2.77 bits per heavy atom. The molecule has 1 aliphatic rings. The lowest BCUT2D eigenvalue weighted by Gasteiger charge is -2.34. The molecule has 0 bridgehead atoms. The molecule has 0 saturated carbocycles. The molecular weight excluding hydrogens is 292 g/mol. The molecule has 1 fully saturated rings. The molecule has 3 rings (SSSR count). The first-order chi connectivity index (χ1) is 10.8. The fourth-order valence-electron chi connectivity index (χ4n) is 3.10. The van der Waals surface area contributed by atoms with Crippen molar-refractivity contribution in [1.29, 1.82) is 0 Å². The van der Waals surface area contributed by atoms with E-state index in [1.165, 1.54) is 22.4 Å². The molecule has 0 radical (unpaired) electrons. The fraction of sp³-hybridized carbons (Fsp3) is 0.389. The summed E-state index contributed by atoms with van der Waals surface area (Å²) in [4.78, 5) is 15.6. The summed E-state index contributed by atoms with van der Waals surface area (Å²) in [6.07, 6.45) is 3.29. The van der Waals surface area contributed by atoms with E-state index < -0.39 is 0 Å². The zero-order chi connectivity index (χ0) is 15.4.